The number of hydrogen-bond donors (Lipinski definition) is 1. The van der Waals surface area contributed by atoms with Crippen LogP contribution in [0.1, 0.15) is 40.1 Å². The molecule has 0 fully saturated rings. The van der Waals surface area contributed by atoms with Gasteiger partial charge in [0.1, 0.15) is 12.4 Å². The number of thioether (sulfide) groups is 1. The van der Waals surface area contributed by atoms with E-state index in [0.29, 0.717) is 29.0 Å². The molecule has 0 saturated carbocycles. The van der Waals surface area contributed by atoms with Gasteiger partial charge in [0.25, 0.3) is 0 Å². The largest absolute Gasteiger partial charge is 0.489 e. The molecule has 0 saturated heterocycles. The maximum atomic E-state index is 13.6. The number of carboxylic acids is 1. The fraction of sp³-hybridized carbons (Fsp3) is 0.172. The van der Waals surface area contributed by atoms with Crippen molar-refractivity contribution in [2.24, 2.45) is 5.92 Å². The monoisotopic (exact) mass is 503 g/mol. The third-order valence-corrected chi connectivity index (χ3v) is 7.70. The Labute approximate surface area is 211 Å². The molecular weight excluding hydrogens is 480 g/mol. The second-order valence-corrected chi connectivity index (χ2v) is 9.90. The average molecular weight is 504 g/mol. The number of aromatic nitrogens is 1. The van der Waals surface area contributed by atoms with E-state index < -0.39 is 23.5 Å². The number of benzene rings is 3. The maximum Gasteiger partial charge on any atom is 0.307 e. The zero-order valence-electron chi connectivity index (χ0n) is 19.4. The van der Waals surface area contributed by atoms with E-state index in [4.69, 9.17) is 4.74 Å². The number of rotatable bonds is 6. The Morgan fingerprint density at radius 1 is 1.08 bits per heavy atom. The third-order valence-electron chi connectivity index (χ3n) is 6.17. The van der Waals surface area contributed by atoms with Crippen molar-refractivity contribution in [1.29, 1.82) is 0 Å². The Kier molecular flexibility index (Phi) is 6.74. The summed E-state index contributed by atoms with van der Waals surface area (Å²) < 4.78 is 33.2. The molecule has 7 heteroatoms. The van der Waals surface area contributed by atoms with Crippen molar-refractivity contribution >= 4 is 40.8 Å². The Bertz CT molecular complexity index is 1490. The van der Waals surface area contributed by atoms with Gasteiger partial charge in [0.15, 0.2) is 11.6 Å². The highest BCUT2D eigenvalue weighted by Crippen LogP contribution is 2.45. The predicted octanol–water partition coefficient (Wildman–Crippen LogP) is 7.12. The molecule has 1 unspecified atom stereocenters. The fourth-order valence-electron chi connectivity index (χ4n) is 4.15. The van der Waals surface area contributed by atoms with Crippen LogP contribution in [0.4, 0.5) is 8.78 Å². The number of carboxylic acid groups (broad SMARTS) is 1. The Morgan fingerprint density at radius 3 is 2.72 bits per heavy atom. The lowest BCUT2D eigenvalue weighted by molar-refractivity contribution is -0.140. The van der Waals surface area contributed by atoms with Crippen LogP contribution in [0.5, 0.6) is 5.75 Å². The first-order chi connectivity index (χ1) is 17.4. The molecule has 1 aliphatic heterocycles. The summed E-state index contributed by atoms with van der Waals surface area (Å²) >= 11 is 1.60. The number of pyridine rings is 1. The summed E-state index contributed by atoms with van der Waals surface area (Å²) in [5.41, 5.74) is 5.09. The van der Waals surface area contributed by atoms with E-state index >= 15 is 0 Å². The molecule has 1 aromatic heterocycles. The summed E-state index contributed by atoms with van der Waals surface area (Å²) in [7, 11) is 0. The van der Waals surface area contributed by atoms with Crippen LogP contribution in [0.3, 0.4) is 0 Å². The zero-order chi connectivity index (χ0) is 25.2. The molecule has 2 atom stereocenters. The highest BCUT2D eigenvalue weighted by atomic mass is 32.2. The quantitative estimate of drug-likeness (QED) is 0.304. The SMILES string of the molecule is C[C@H](CSC1c2ccccc2COc2ccc(/C=C/c3ccc4cc(F)c(F)cc4n3)cc21)C(=O)O. The van der Waals surface area contributed by atoms with E-state index in [1.165, 1.54) is 0 Å². The Hall–Kier alpha value is -3.71. The topological polar surface area (TPSA) is 59.4 Å². The lowest BCUT2D eigenvalue weighted by Crippen LogP contribution is -2.13. The molecule has 3 aromatic carbocycles. The van der Waals surface area contributed by atoms with Crippen molar-refractivity contribution in [1.82, 2.24) is 4.98 Å². The van der Waals surface area contributed by atoms with Gasteiger partial charge in [-0.15, -0.1) is 11.8 Å². The normalized spacial score (nSPS) is 15.7. The second-order valence-electron chi connectivity index (χ2n) is 8.77. The molecule has 1 N–H and O–H groups in total. The van der Waals surface area contributed by atoms with Crippen molar-refractivity contribution in [3.05, 3.63) is 106 Å². The van der Waals surface area contributed by atoms with Crippen LogP contribution in [-0.4, -0.2) is 21.8 Å². The van der Waals surface area contributed by atoms with Gasteiger partial charge in [-0.2, -0.15) is 0 Å². The van der Waals surface area contributed by atoms with Crippen molar-refractivity contribution < 1.29 is 23.4 Å². The van der Waals surface area contributed by atoms with Crippen LogP contribution < -0.4 is 4.74 Å². The van der Waals surface area contributed by atoms with Crippen LogP contribution >= 0.6 is 11.8 Å². The first-order valence-electron chi connectivity index (χ1n) is 11.5. The van der Waals surface area contributed by atoms with Crippen molar-refractivity contribution in [3.8, 4) is 5.75 Å². The van der Waals surface area contributed by atoms with Crippen molar-refractivity contribution in [2.45, 2.75) is 18.8 Å². The summed E-state index contributed by atoms with van der Waals surface area (Å²) in [6.45, 7) is 2.16. The van der Waals surface area contributed by atoms with Gasteiger partial charge in [-0.3, -0.25) is 4.79 Å². The van der Waals surface area contributed by atoms with Gasteiger partial charge in [-0.25, -0.2) is 13.8 Å². The summed E-state index contributed by atoms with van der Waals surface area (Å²) in [5, 5.41) is 9.83. The predicted molar refractivity (Wildman–Crippen MR) is 139 cm³/mol. The smallest absolute Gasteiger partial charge is 0.307 e. The minimum Gasteiger partial charge on any atom is -0.489 e. The lowest BCUT2D eigenvalue weighted by atomic mass is 9.98. The van der Waals surface area contributed by atoms with Crippen molar-refractivity contribution in [3.63, 3.8) is 0 Å². The average Bonchev–Trinajstić information content (AvgIpc) is 3.03. The van der Waals surface area contributed by atoms with Gasteiger partial charge in [-0.1, -0.05) is 49.4 Å². The number of aliphatic carboxylic acids is 1. The number of halogens is 2. The number of hydrogen-bond acceptors (Lipinski definition) is 4. The standard InChI is InChI=1S/C29H23F2NO3S/c1-17(29(33)34)16-36-28-22-5-3-2-4-20(22)15-35-27-11-7-18(12-23(27)28)6-9-21-10-8-19-13-24(30)25(31)14-26(19)32-21/h2-14,17,28H,15-16H2,1H3,(H,33,34)/b9-6+/t17-,28?/m1/s1. The molecular formula is C29H23F2NO3S. The summed E-state index contributed by atoms with van der Waals surface area (Å²) in [6, 6.07) is 19.7. The molecule has 0 radical (unpaired) electrons. The highest BCUT2D eigenvalue weighted by Gasteiger charge is 2.26. The van der Waals surface area contributed by atoms with Gasteiger partial charge in [0.05, 0.1) is 22.4 Å². The molecule has 5 rings (SSSR count). The van der Waals surface area contributed by atoms with Crippen LogP contribution in [0.2, 0.25) is 0 Å². The molecule has 1 aliphatic rings. The molecule has 4 aromatic rings. The fourth-order valence-corrected chi connectivity index (χ4v) is 5.55. The first kappa shape index (κ1) is 24.0. The molecule has 0 bridgehead atoms. The number of fused-ring (bicyclic) bond motifs is 3. The third kappa shape index (κ3) is 4.97. The van der Waals surface area contributed by atoms with Gasteiger partial charge in [0, 0.05) is 22.8 Å². The number of ether oxygens (including phenoxy) is 1. The van der Waals surface area contributed by atoms with Gasteiger partial charge >= 0.3 is 5.97 Å². The Balaban J connectivity index is 1.48. The molecule has 0 aliphatic carbocycles. The molecule has 182 valence electrons. The van der Waals surface area contributed by atoms with E-state index in [1.807, 2.05) is 48.6 Å². The van der Waals surface area contributed by atoms with Gasteiger partial charge in [0.2, 0.25) is 0 Å². The summed E-state index contributed by atoms with van der Waals surface area (Å²) in [6.07, 6.45) is 3.73. The van der Waals surface area contributed by atoms with E-state index in [2.05, 4.69) is 11.1 Å². The highest BCUT2D eigenvalue weighted by molar-refractivity contribution is 7.99. The van der Waals surface area contributed by atoms with Gasteiger partial charge in [-0.05, 0) is 47.0 Å². The summed E-state index contributed by atoms with van der Waals surface area (Å²) in [4.78, 5) is 15.9. The lowest BCUT2D eigenvalue weighted by Gasteiger charge is -2.20. The van der Waals surface area contributed by atoms with Crippen LogP contribution in [0.25, 0.3) is 23.1 Å². The molecule has 4 nitrogen and oxygen atoms in total. The van der Waals surface area contributed by atoms with Crippen LogP contribution in [0, 0.1) is 17.6 Å². The molecule has 0 spiro atoms. The zero-order valence-corrected chi connectivity index (χ0v) is 20.3. The second kappa shape index (κ2) is 10.1. The maximum absolute atomic E-state index is 13.6. The van der Waals surface area contributed by atoms with Crippen molar-refractivity contribution in [2.75, 3.05) is 5.75 Å². The summed E-state index contributed by atoms with van der Waals surface area (Å²) in [5.74, 6) is -1.88. The van der Waals surface area contributed by atoms with E-state index in [0.717, 1.165) is 40.1 Å². The number of carbonyl (C=O) groups is 1. The molecule has 2 heterocycles. The minimum atomic E-state index is -0.928. The number of nitrogens with zero attached hydrogens (tertiary/aromatic N) is 1. The minimum absolute atomic E-state index is 0.0782. The van der Waals surface area contributed by atoms with Crippen LogP contribution in [0.15, 0.2) is 66.7 Å². The van der Waals surface area contributed by atoms with Crippen LogP contribution in [-0.2, 0) is 11.4 Å². The molecule has 0 amide bonds. The van der Waals surface area contributed by atoms with E-state index in [-0.39, 0.29) is 5.25 Å². The van der Waals surface area contributed by atoms with E-state index in [1.54, 1.807) is 30.8 Å². The van der Waals surface area contributed by atoms with E-state index in [9.17, 15) is 18.7 Å². The van der Waals surface area contributed by atoms with Gasteiger partial charge < -0.3 is 9.84 Å². The molecule has 36 heavy (non-hydrogen) atoms. The first-order valence-corrected chi connectivity index (χ1v) is 12.6. The Morgan fingerprint density at radius 2 is 1.89 bits per heavy atom.